The average molecular weight is 278 g/mol. The van der Waals surface area contributed by atoms with Gasteiger partial charge >= 0.3 is 0 Å². The van der Waals surface area contributed by atoms with Gasteiger partial charge in [-0.1, -0.05) is 6.92 Å². The number of nitrogens with zero attached hydrogens (tertiary/aromatic N) is 5. The lowest BCUT2D eigenvalue weighted by Crippen LogP contribution is -2.35. The summed E-state index contributed by atoms with van der Waals surface area (Å²) in [5, 5.41) is 8.41. The van der Waals surface area contributed by atoms with Crippen molar-refractivity contribution in [3.05, 3.63) is 11.4 Å². The quantitative estimate of drug-likeness (QED) is 0.869. The molecule has 1 unspecified atom stereocenters. The van der Waals surface area contributed by atoms with Crippen LogP contribution in [0.3, 0.4) is 0 Å². The van der Waals surface area contributed by atoms with Crippen molar-refractivity contribution in [2.24, 2.45) is 11.7 Å². The Kier molecular flexibility index (Phi) is 5.25. The van der Waals surface area contributed by atoms with Crippen molar-refractivity contribution >= 4 is 5.95 Å². The Bertz CT molecular complexity index is 436. The summed E-state index contributed by atoms with van der Waals surface area (Å²) in [6, 6.07) is 0. The van der Waals surface area contributed by atoms with Crippen LogP contribution < -0.4 is 10.6 Å². The van der Waals surface area contributed by atoms with Crippen LogP contribution in [0, 0.1) is 19.8 Å². The summed E-state index contributed by atoms with van der Waals surface area (Å²) in [6.45, 7) is 12.1. The third-order valence-corrected chi connectivity index (χ3v) is 3.92. The predicted octanol–water partition coefficient (Wildman–Crippen LogP) is 0.595. The molecule has 20 heavy (non-hydrogen) atoms. The summed E-state index contributed by atoms with van der Waals surface area (Å²) in [7, 11) is 0. The molecule has 1 aromatic rings. The van der Waals surface area contributed by atoms with Gasteiger partial charge in [0.05, 0.1) is 11.4 Å². The standard InChI is InChI=1S/C14H26N6/c1-11(9-15)10-19-5-4-6-20(8-7-19)14-16-12(2)13(3)17-18-14/h11H,4-10,15H2,1-3H3. The highest BCUT2D eigenvalue weighted by Gasteiger charge is 2.18. The van der Waals surface area contributed by atoms with E-state index < -0.39 is 0 Å². The van der Waals surface area contributed by atoms with Gasteiger partial charge in [-0.15, -0.1) is 5.10 Å². The van der Waals surface area contributed by atoms with Gasteiger partial charge in [0.1, 0.15) is 0 Å². The molecule has 0 aliphatic carbocycles. The fourth-order valence-corrected chi connectivity index (χ4v) is 2.45. The van der Waals surface area contributed by atoms with E-state index in [9.17, 15) is 0 Å². The fraction of sp³-hybridized carbons (Fsp3) is 0.786. The van der Waals surface area contributed by atoms with Crippen LogP contribution in [0.1, 0.15) is 24.7 Å². The second-order valence-corrected chi connectivity index (χ2v) is 5.76. The molecule has 0 spiro atoms. The molecular formula is C14H26N6. The van der Waals surface area contributed by atoms with E-state index in [0.717, 1.165) is 63.0 Å². The lowest BCUT2D eigenvalue weighted by molar-refractivity contribution is 0.255. The first-order valence-corrected chi connectivity index (χ1v) is 7.45. The van der Waals surface area contributed by atoms with E-state index in [1.807, 2.05) is 13.8 Å². The molecule has 0 aromatic carbocycles. The van der Waals surface area contributed by atoms with Gasteiger partial charge in [-0.05, 0) is 39.3 Å². The predicted molar refractivity (Wildman–Crippen MR) is 80.8 cm³/mol. The molecule has 6 heteroatoms. The SMILES string of the molecule is Cc1nnc(N2CCCN(CC(C)CN)CC2)nc1C. The van der Waals surface area contributed by atoms with Crippen molar-refractivity contribution in [2.45, 2.75) is 27.2 Å². The topological polar surface area (TPSA) is 71.2 Å². The number of aryl methyl sites for hydroxylation is 2. The van der Waals surface area contributed by atoms with Gasteiger partial charge in [0.25, 0.3) is 0 Å². The Morgan fingerprint density at radius 1 is 1.10 bits per heavy atom. The Morgan fingerprint density at radius 3 is 2.60 bits per heavy atom. The third kappa shape index (κ3) is 3.86. The lowest BCUT2D eigenvalue weighted by atomic mass is 10.1. The lowest BCUT2D eigenvalue weighted by Gasteiger charge is -2.24. The second kappa shape index (κ2) is 6.95. The van der Waals surface area contributed by atoms with Crippen molar-refractivity contribution < 1.29 is 0 Å². The molecule has 1 fully saturated rings. The molecule has 2 rings (SSSR count). The molecular weight excluding hydrogens is 252 g/mol. The summed E-state index contributed by atoms with van der Waals surface area (Å²) >= 11 is 0. The highest BCUT2D eigenvalue weighted by Crippen LogP contribution is 2.12. The van der Waals surface area contributed by atoms with Crippen LogP contribution in [-0.4, -0.2) is 59.3 Å². The monoisotopic (exact) mass is 278 g/mol. The Hall–Kier alpha value is -1.27. The molecule has 0 radical (unpaired) electrons. The van der Waals surface area contributed by atoms with Gasteiger partial charge in [-0.2, -0.15) is 5.10 Å². The zero-order chi connectivity index (χ0) is 14.5. The minimum atomic E-state index is 0.557. The summed E-state index contributed by atoms with van der Waals surface area (Å²) in [4.78, 5) is 9.29. The molecule has 112 valence electrons. The maximum absolute atomic E-state index is 5.71. The van der Waals surface area contributed by atoms with Crippen LogP contribution in [0.4, 0.5) is 5.95 Å². The van der Waals surface area contributed by atoms with E-state index in [-0.39, 0.29) is 0 Å². The van der Waals surface area contributed by atoms with Crippen molar-refractivity contribution in [3.63, 3.8) is 0 Å². The molecule has 2 heterocycles. The molecule has 2 N–H and O–H groups in total. The number of aromatic nitrogens is 3. The van der Waals surface area contributed by atoms with E-state index in [1.165, 1.54) is 0 Å². The molecule has 6 nitrogen and oxygen atoms in total. The zero-order valence-electron chi connectivity index (χ0n) is 12.8. The van der Waals surface area contributed by atoms with Crippen LogP contribution in [-0.2, 0) is 0 Å². The molecule has 0 saturated carbocycles. The van der Waals surface area contributed by atoms with E-state index in [1.54, 1.807) is 0 Å². The van der Waals surface area contributed by atoms with Crippen molar-refractivity contribution in [1.29, 1.82) is 0 Å². The fourth-order valence-electron chi connectivity index (χ4n) is 2.45. The minimum Gasteiger partial charge on any atom is -0.338 e. The summed E-state index contributed by atoms with van der Waals surface area (Å²) in [5.41, 5.74) is 7.58. The maximum atomic E-state index is 5.71. The molecule has 0 bridgehead atoms. The average Bonchev–Trinajstić information content (AvgIpc) is 2.67. The largest absolute Gasteiger partial charge is 0.338 e. The summed E-state index contributed by atoms with van der Waals surface area (Å²) in [6.07, 6.45) is 1.13. The molecule has 1 aliphatic heterocycles. The molecule has 1 aromatic heterocycles. The molecule has 1 atom stereocenters. The Labute approximate surface area is 121 Å². The highest BCUT2D eigenvalue weighted by atomic mass is 15.3. The van der Waals surface area contributed by atoms with Crippen LogP contribution in [0.15, 0.2) is 0 Å². The third-order valence-electron chi connectivity index (χ3n) is 3.92. The summed E-state index contributed by atoms with van der Waals surface area (Å²) < 4.78 is 0. The van der Waals surface area contributed by atoms with E-state index in [0.29, 0.717) is 5.92 Å². The zero-order valence-corrected chi connectivity index (χ0v) is 12.8. The molecule has 1 saturated heterocycles. The van der Waals surface area contributed by atoms with Crippen molar-refractivity contribution in [3.8, 4) is 0 Å². The van der Waals surface area contributed by atoms with E-state index >= 15 is 0 Å². The van der Waals surface area contributed by atoms with Crippen LogP contribution in [0.5, 0.6) is 0 Å². The van der Waals surface area contributed by atoms with Crippen LogP contribution in [0.2, 0.25) is 0 Å². The number of nitrogens with two attached hydrogens (primary N) is 1. The van der Waals surface area contributed by atoms with Gasteiger partial charge in [0.15, 0.2) is 0 Å². The first kappa shape index (κ1) is 15.1. The molecule has 0 amide bonds. The first-order valence-electron chi connectivity index (χ1n) is 7.45. The normalized spacial score (nSPS) is 18.9. The summed E-state index contributed by atoms with van der Waals surface area (Å²) in [5.74, 6) is 1.32. The van der Waals surface area contributed by atoms with Crippen molar-refractivity contribution in [2.75, 3.05) is 44.2 Å². The Balaban J connectivity index is 1.96. The number of rotatable bonds is 4. The van der Waals surface area contributed by atoms with Gasteiger partial charge in [-0.25, -0.2) is 4.98 Å². The maximum Gasteiger partial charge on any atom is 0.245 e. The number of anilines is 1. The van der Waals surface area contributed by atoms with Gasteiger partial charge in [0, 0.05) is 26.2 Å². The van der Waals surface area contributed by atoms with Crippen LogP contribution >= 0.6 is 0 Å². The highest BCUT2D eigenvalue weighted by molar-refractivity contribution is 5.30. The van der Waals surface area contributed by atoms with Gasteiger partial charge < -0.3 is 15.5 Å². The van der Waals surface area contributed by atoms with Crippen LogP contribution in [0.25, 0.3) is 0 Å². The Morgan fingerprint density at radius 2 is 1.90 bits per heavy atom. The number of hydrogen-bond donors (Lipinski definition) is 1. The van der Waals surface area contributed by atoms with E-state index in [2.05, 4.69) is 31.9 Å². The van der Waals surface area contributed by atoms with Gasteiger partial charge in [-0.3, -0.25) is 0 Å². The first-order chi connectivity index (χ1) is 9.60. The minimum absolute atomic E-state index is 0.557. The van der Waals surface area contributed by atoms with Crippen molar-refractivity contribution in [1.82, 2.24) is 20.1 Å². The smallest absolute Gasteiger partial charge is 0.245 e. The number of hydrogen-bond acceptors (Lipinski definition) is 6. The second-order valence-electron chi connectivity index (χ2n) is 5.76. The van der Waals surface area contributed by atoms with Gasteiger partial charge in [0.2, 0.25) is 5.95 Å². The molecule has 1 aliphatic rings. The van der Waals surface area contributed by atoms with E-state index in [4.69, 9.17) is 5.73 Å².